The minimum Gasteiger partial charge on any atom is -0.467 e. The fraction of sp³-hybridized carbons (Fsp3) is 0.500. The second-order valence-corrected chi connectivity index (χ2v) is 2.43. The van der Waals surface area contributed by atoms with E-state index in [1.807, 2.05) is 0 Å². The zero-order chi connectivity index (χ0) is 10.4. The molecule has 0 aliphatic carbocycles. The number of rotatable bonds is 5. The fourth-order valence-electron chi connectivity index (χ4n) is 0.766. The summed E-state index contributed by atoms with van der Waals surface area (Å²) in [7, 11) is 1.28. The molecule has 0 aliphatic rings. The molecule has 14 heavy (non-hydrogen) atoms. The molecule has 1 rings (SSSR count). The van der Waals surface area contributed by atoms with Gasteiger partial charge >= 0.3 is 11.8 Å². The van der Waals surface area contributed by atoms with E-state index in [4.69, 9.17) is 4.74 Å². The van der Waals surface area contributed by atoms with Gasteiger partial charge in [0.25, 0.3) is 0 Å². The lowest BCUT2D eigenvalue weighted by atomic mass is 10.4. The highest BCUT2D eigenvalue weighted by molar-refractivity contribution is 5.70. The Bertz CT molecular complexity index is 336. The molecule has 0 bridgehead atoms. The van der Waals surface area contributed by atoms with Crippen molar-refractivity contribution in [2.75, 3.05) is 20.3 Å². The zero-order valence-corrected chi connectivity index (χ0v) is 7.65. The number of hydrogen-bond donors (Lipinski definition) is 0. The molecule has 0 unspecified atom stereocenters. The van der Waals surface area contributed by atoms with Gasteiger partial charge in [-0.05, 0) is 0 Å². The van der Waals surface area contributed by atoms with Gasteiger partial charge in [-0.3, -0.25) is 0 Å². The number of hydrogen-bond acceptors (Lipinski definition) is 6. The molecule has 78 valence electrons. The number of methoxy groups -OCH3 is 1. The van der Waals surface area contributed by atoms with Crippen LogP contribution in [-0.2, 0) is 20.7 Å². The van der Waals surface area contributed by atoms with E-state index in [1.165, 1.54) is 13.4 Å². The first kappa shape index (κ1) is 10.5. The first-order valence-corrected chi connectivity index (χ1v) is 3.94. The standard InChI is InChI=1S/C8H10O6/c1-11-7(9)5-12-3-2-6-4-13-8(10)14-6/h4H,2-3,5H2,1H3. The highest BCUT2D eigenvalue weighted by Crippen LogP contribution is 1.96. The Hall–Kier alpha value is -1.56. The molecule has 1 aromatic rings. The molecule has 0 aliphatic heterocycles. The second kappa shape index (κ2) is 5.23. The maximum Gasteiger partial charge on any atom is 0.518 e. The van der Waals surface area contributed by atoms with Crippen molar-refractivity contribution in [3.05, 3.63) is 22.6 Å². The third kappa shape index (κ3) is 3.44. The van der Waals surface area contributed by atoms with Crippen LogP contribution in [0, 0.1) is 0 Å². The highest BCUT2D eigenvalue weighted by Gasteiger charge is 2.03. The van der Waals surface area contributed by atoms with Gasteiger partial charge < -0.3 is 18.3 Å². The molecule has 0 saturated heterocycles. The van der Waals surface area contributed by atoms with Crippen LogP contribution in [0.15, 0.2) is 19.9 Å². The number of ether oxygens (including phenoxy) is 2. The molecular formula is C8H10O6. The lowest BCUT2D eigenvalue weighted by molar-refractivity contribution is -0.145. The van der Waals surface area contributed by atoms with Gasteiger partial charge in [-0.15, -0.1) is 0 Å². The van der Waals surface area contributed by atoms with E-state index < -0.39 is 11.8 Å². The SMILES string of the molecule is COC(=O)COCCc1coc(=O)o1. The average molecular weight is 202 g/mol. The topological polar surface area (TPSA) is 78.9 Å². The smallest absolute Gasteiger partial charge is 0.467 e. The first-order valence-electron chi connectivity index (χ1n) is 3.94. The van der Waals surface area contributed by atoms with Crippen molar-refractivity contribution in [2.45, 2.75) is 6.42 Å². The summed E-state index contributed by atoms with van der Waals surface area (Å²) >= 11 is 0. The van der Waals surface area contributed by atoms with Crippen LogP contribution >= 0.6 is 0 Å². The Kier molecular flexibility index (Phi) is 3.93. The Morgan fingerprint density at radius 3 is 2.93 bits per heavy atom. The molecular weight excluding hydrogens is 192 g/mol. The normalized spacial score (nSPS) is 10.1. The number of esters is 1. The minimum absolute atomic E-state index is 0.113. The van der Waals surface area contributed by atoms with Crippen LogP contribution in [0.1, 0.15) is 5.76 Å². The van der Waals surface area contributed by atoms with Crippen LogP contribution in [-0.4, -0.2) is 26.3 Å². The summed E-state index contributed by atoms with van der Waals surface area (Å²) in [6, 6.07) is 0. The van der Waals surface area contributed by atoms with Crippen LogP contribution in [0.5, 0.6) is 0 Å². The van der Waals surface area contributed by atoms with E-state index in [9.17, 15) is 9.59 Å². The minimum atomic E-state index is -0.743. The van der Waals surface area contributed by atoms with Gasteiger partial charge in [0.1, 0.15) is 18.6 Å². The van der Waals surface area contributed by atoms with Gasteiger partial charge in [-0.2, -0.15) is 0 Å². The predicted octanol–water partition coefficient (Wildman–Crippen LogP) is -0.0351. The molecule has 0 aromatic carbocycles. The van der Waals surface area contributed by atoms with Gasteiger partial charge in [0.05, 0.1) is 13.7 Å². The molecule has 0 radical (unpaired) electrons. The first-order chi connectivity index (χ1) is 6.72. The summed E-state index contributed by atoms with van der Waals surface area (Å²) in [5.74, 6) is -0.800. The monoisotopic (exact) mass is 202 g/mol. The largest absolute Gasteiger partial charge is 0.518 e. The van der Waals surface area contributed by atoms with E-state index in [2.05, 4.69) is 13.6 Å². The zero-order valence-electron chi connectivity index (χ0n) is 7.65. The van der Waals surface area contributed by atoms with Crippen molar-refractivity contribution in [3.8, 4) is 0 Å². The van der Waals surface area contributed by atoms with Crippen molar-refractivity contribution in [1.29, 1.82) is 0 Å². The third-order valence-corrected chi connectivity index (χ3v) is 1.44. The molecule has 1 aromatic heterocycles. The number of carbonyl (C=O) groups is 1. The van der Waals surface area contributed by atoms with E-state index in [0.29, 0.717) is 12.2 Å². The van der Waals surface area contributed by atoms with Crippen molar-refractivity contribution < 1.29 is 23.1 Å². The van der Waals surface area contributed by atoms with Gasteiger partial charge in [0.2, 0.25) is 0 Å². The molecule has 0 atom stereocenters. The summed E-state index contributed by atoms with van der Waals surface area (Å²) < 4.78 is 18.3. The molecule has 0 N–H and O–H groups in total. The summed E-state index contributed by atoms with van der Waals surface area (Å²) in [5, 5.41) is 0. The lowest BCUT2D eigenvalue weighted by Crippen LogP contribution is -2.11. The maximum atomic E-state index is 10.6. The van der Waals surface area contributed by atoms with E-state index in [0.717, 1.165) is 0 Å². The van der Waals surface area contributed by atoms with Crippen LogP contribution in [0.3, 0.4) is 0 Å². The van der Waals surface area contributed by atoms with Gasteiger partial charge in [0.15, 0.2) is 0 Å². The molecule has 0 spiro atoms. The highest BCUT2D eigenvalue weighted by atomic mass is 16.6. The van der Waals surface area contributed by atoms with Crippen molar-refractivity contribution in [3.63, 3.8) is 0 Å². The third-order valence-electron chi connectivity index (χ3n) is 1.44. The quantitative estimate of drug-likeness (QED) is 0.492. The van der Waals surface area contributed by atoms with Gasteiger partial charge in [0, 0.05) is 6.42 Å². The molecule has 1 heterocycles. The molecule has 0 saturated carbocycles. The summed E-state index contributed by atoms with van der Waals surface area (Å²) in [6.07, 6.45) is 1.59. The van der Waals surface area contributed by atoms with Gasteiger partial charge in [-0.1, -0.05) is 0 Å². The Morgan fingerprint density at radius 1 is 1.57 bits per heavy atom. The average Bonchev–Trinajstić information content (AvgIpc) is 2.58. The van der Waals surface area contributed by atoms with Crippen molar-refractivity contribution in [1.82, 2.24) is 0 Å². The Balaban J connectivity index is 2.16. The van der Waals surface area contributed by atoms with E-state index in [1.54, 1.807) is 0 Å². The maximum absolute atomic E-state index is 10.6. The van der Waals surface area contributed by atoms with Crippen LogP contribution in [0.4, 0.5) is 0 Å². The summed E-state index contributed by atoms with van der Waals surface area (Å²) in [5.41, 5.74) is 0. The molecule has 0 amide bonds. The van der Waals surface area contributed by atoms with Crippen molar-refractivity contribution in [2.24, 2.45) is 0 Å². The fourth-order valence-corrected chi connectivity index (χ4v) is 0.766. The van der Waals surface area contributed by atoms with E-state index in [-0.39, 0.29) is 13.2 Å². The van der Waals surface area contributed by atoms with E-state index >= 15 is 0 Å². The Labute approximate surface area is 79.4 Å². The number of carbonyl (C=O) groups excluding carboxylic acids is 1. The van der Waals surface area contributed by atoms with Crippen molar-refractivity contribution >= 4 is 5.97 Å². The molecule has 0 fully saturated rings. The van der Waals surface area contributed by atoms with Crippen LogP contribution in [0.25, 0.3) is 0 Å². The lowest BCUT2D eigenvalue weighted by Gasteiger charge is -1.99. The summed E-state index contributed by atoms with van der Waals surface area (Å²) in [4.78, 5) is 21.0. The molecule has 6 nitrogen and oxygen atoms in total. The van der Waals surface area contributed by atoms with Crippen LogP contribution < -0.4 is 5.82 Å². The molecule has 6 heteroatoms. The van der Waals surface area contributed by atoms with Gasteiger partial charge in [-0.25, -0.2) is 9.59 Å². The predicted molar refractivity (Wildman–Crippen MR) is 43.8 cm³/mol. The Morgan fingerprint density at radius 2 is 2.36 bits per heavy atom. The second-order valence-electron chi connectivity index (χ2n) is 2.43. The summed E-state index contributed by atoms with van der Waals surface area (Å²) in [6.45, 7) is 0.149. The van der Waals surface area contributed by atoms with Crippen LogP contribution in [0.2, 0.25) is 0 Å².